The van der Waals surface area contributed by atoms with Gasteiger partial charge in [0.15, 0.2) is 0 Å². The molecule has 0 aromatic heterocycles. The lowest BCUT2D eigenvalue weighted by Gasteiger charge is -2.38. The van der Waals surface area contributed by atoms with Crippen molar-refractivity contribution in [2.24, 2.45) is 47.3 Å². The van der Waals surface area contributed by atoms with Crippen LogP contribution < -0.4 is 0 Å². The average molecular weight is 1340 g/mol. The van der Waals surface area contributed by atoms with Crippen molar-refractivity contribution in [3.8, 4) is 0 Å². The smallest absolute Gasteiger partial charge is 0.333 e. The average Bonchev–Trinajstić information content (AvgIpc) is 0.859. The van der Waals surface area contributed by atoms with Gasteiger partial charge >= 0.3 is 11.9 Å². The summed E-state index contributed by atoms with van der Waals surface area (Å²) in [7, 11) is 6.56. The van der Waals surface area contributed by atoms with Crippen LogP contribution >= 0.6 is 0 Å². The fraction of sp³-hybridized carbons (Fsp3) is 0.865. The SMILES string of the molecule is CO[C@H]1C[C@H](CC[C@H](C)[C@H](O)[C@H](C)[C@H]2OC(=O)/C(C)=C/C[C@H](O)C[C@@H]3C=CC[C@@H](C[C@H](OC)[C@@H](C)[C@@H](O)C[C@@H](O)[C@H](C)[C@H](O)[C@@H](C)[C@H]([C@@H](C)CC[C@H]4C[C@H](OC)C[C@H](C)O4)OC(=O)/C(C)=C/C[C@H](O)C[C@@H]4C=CC[C@@H](C[C@H](OC)[C@@H](C)[C@@H](O)C[C@@H](O)[C@@H]2C)O4)O3)O[C@@H](C)C1. The molecule has 0 aliphatic carbocycles. The molecule has 5 rings (SSSR count). The van der Waals surface area contributed by atoms with Crippen molar-refractivity contribution in [1.82, 2.24) is 0 Å². The molecular weight excluding hydrogens is 1210 g/mol. The normalized spacial score (nSPS) is 42.6. The third-order valence-corrected chi connectivity index (χ3v) is 21.9. The van der Waals surface area contributed by atoms with E-state index in [1.54, 1.807) is 68.3 Å². The summed E-state index contributed by atoms with van der Waals surface area (Å²) < 4.78 is 61.6. The van der Waals surface area contributed by atoms with Gasteiger partial charge in [0.25, 0.3) is 0 Å². The number of aliphatic hydroxyl groups excluding tert-OH is 8. The second-order valence-corrected chi connectivity index (χ2v) is 29.5. The van der Waals surface area contributed by atoms with Gasteiger partial charge in [0, 0.05) is 101 Å². The quantitative estimate of drug-likeness (QED) is 0.0594. The third kappa shape index (κ3) is 25.5. The summed E-state index contributed by atoms with van der Waals surface area (Å²) in [6.07, 6.45) is 6.61. The molecule has 2 fully saturated rings. The molecule has 0 radical (unpaired) electrons. The summed E-state index contributed by atoms with van der Waals surface area (Å²) >= 11 is 0. The predicted octanol–water partition coefficient (Wildman–Crippen LogP) is 9.00. The largest absolute Gasteiger partial charge is 0.458 e. The molecule has 20 nitrogen and oxygen atoms in total. The first-order valence-electron chi connectivity index (χ1n) is 35.7. The Kier molecular flexibility index (Phi) is 35.3. The van der Waals surface area contributed by atoms with Gasteiger partial charge in [-0.3, -0.25) is 0 Å². The highest BCUT2D eigenvalue weighted by Gasteiger charge is 2.43. The highest BCUT2D eigenvalue weighted by atomic mass is 16.6. The molecule has 0 spiro atoms. The van der Waals surface area contributed by atoms with Crippen LogP contribution in [0.3, 0.4) is 0 Å². The molecule has 8 N–H and O–H groups in total. The number of rotatable bonds is 14. The summed E-state index contributed by atoms with van der Waals surface area (Å²) in [6, 6.07) is 0. The molecule has 0 aromatic carbocycles. The van der Waals surface area contributed by atoms with E-state index in [4.69, 9.17) is 47.4 Å². The molecule has 4 bridgehead atoms. The van der Waals surface area contributed by atoms with Crippen LogP contribution in [0.4, 0.5) is 0 Å². The fourth-order valence-electron chi connectivity index (χ4n) is 15.1. The van der Waals surface area contributed by atoms with Crippen LogP contribution in [0.25, 0.3) is 0 Å². The molecule has 544 valence electrons. The number of methoxy groups -OCH3 is 4. The summed E-state index contributed by atoms with van der Waals surface area (Å²) in [5.74, 6) is -5.54. The van der Waals surface area contributed by atoms with Crippen molar-refractivity contribution in [2.75, 3.05) is 28.4 Å². The first-order valence-corrected chi connectivity index (χ1v) is 35.7. The van der Waals surface area contributed by atoms with E-state index in [0.29, 0.717) is 51.4 Å². The number of ether oxygens (including phenoxy) is 10. The number of hydrogen-bond donors (Lipinski definition) is 8. The lowest BCUT2D eigenvalue weighted by atomic mass is 9.78. The highest BCUT2D eigenvalue weighted by Crippen LogP contribution is 2.37. The zero-order valence-corrected chi connectivity index (χ0v) is 60.0. The zero-order chi connectivity index (χ0) is 69.7. The summed E-state index contributed by atoms with van der Waals surface area (Å²) in [6.45, 7) is 22.1. The predicted molar refractivity (Wildman–Crippen MR) is 359 cm³/mol. The summed E-state index contributed by atoms with van der Waals surface area (Å²) in [4.78, 5) is 28.3. The minimum atomic E-state index is -1.18. The maximum Gasteiger partial charge on any atom is 0.333 e. The third-order valence-electron chi connectivity index (χ3n) is 21.9. The van der Waals surface area contributed by atoms with Crippen LogP contribution in [0.5, 0.6) is 0 Å². The van der Waals surface area contributed by atoms with Gasteiger partial charge in [-0.1, -0.05) is 91.8 Å². The Hall–Kier alpha value is -2.74. The Balaban J connectivity index is 1.38. The van der Waals surface area contributed by atoms with E-state index >= 15 is 0 Å². The molecule has 30 atom stereocenters. The van der Waals surface area contributed by atoms with Crippen molar-refractivity contribution in [1.29, 1.82) is 0 Å². The van der Waals surface area contributed by atoms with Crippen molar-refractivity contribution in [3.05, 3.63) is 47.6 Å². The lowest BCUT2D eigenvalue weighted by Crippen LogP contribution is -2.46. The maximum atomic E-state index is 14.2. The second kappa shape index (κ2) is 40.5. The van der Waals surface area contributed by atoms with Crippen molar-refractivity contribution in [2.45, 2.75) is 333 Å². The summed E-state index contributed by atoms with van der Waals surface area (Å²) in [5.41, 5.74) is 0.519. The van der Waals surface area contributed by atoms with Crippen LogP contribution in [0.2, 0.25) is 0 Å². The fourth-order valence-corrected chi connectivity index (χ4v) is 15.1. The van der Waals surface area contributed by atoms with Gasteiger partial charge < -0.3 is 88.2 Å². The number of carbonyl (C=O) groups excluding carboxylic acids is 2. The van der Waals surface area contributed by atoms with Gasteiger partial charge in [0.2, 0.25) is 0 Å². The van der Waals surface area contributed by atoms with Crippen LogP contribution in [0, 0.1) is 47.3 Å². The van der Waals surface area contributed by atoms with Crippen molar-refractivity contribution in [3.63, 3.8) is 0 Å². The van der Waals surface area contributed by atoms with Gasteiger partial charge in [-0.2, -0.15) is 0 Å². The van der Waals surface area contributed by atoms with Gasteiger partial charge in [-0.15, -0.1) is 0 Å². The molecule has 2 saturated heterocycles. The van der Waals surface area contributed by atoms with E-state index in [9.17, 15) is 50.4 Å². The van der Waals surface area contributed by atoms with E-state index < -0.39 is 133 Å². The van der Waals surface area contributed by atoms with E-state index in [-0.39, 0.29) is 110 Å². The Morgan fingerprint density at radius 3 is 1.33 bits per heavy atom. The van der Waals surface area contributed by atoms with Gasteiger partial charge in [-0.05, 0) is 129 Å². The molecule has 5 aliphatic rings. The van der Waals surface area contributed by atoms with Crippen LogP contribution in [-0.4, -0.2) is 216 Å². The van der Waals surface area contributed by atoms with Gasteiger partial charge in [0.1, 0.15) is 12.2 Å². The Labute approximate surface area is 563 Å². The minimum Gasteiger partial charge on any atom is -0.458 e. The molecule has 5 heterocycles. The van der Waals surface area contributed by atoms with Crippen molar-refractivity contribution >= 4 is 11.9 Å². The van der Waals surface area contributed by atoms with E-state index in [1.165, 1.54) is 0 Å². The van der Waals surface area contributed by atoms with E-state index in [0.717, 1.165) is 25.7 Å². The van der Waals surface area contributed by atoms with Gasteiger partial charge in [-0.25, -0.2) is 9.59 Å². The zero-order valence-electron chi connectivity index (χ0n) is 60.0. The number of hydrogen-bond acceptors (Lipinski definition) is 20. The molecule has 0 unspecified atom stereocenters. The van der Waals surface area contributed by atoms with E-state index in [2.05, 4.69) is 0 Å². The standard InChI is InChI=1S/C74H128O20/c1-41(25-29-59-35-61(85-13)31-45(5)89-59)69(81)51(11)72-50(10)66(80)40-64(78)48(8)68(88-16)38-58-22-18-19-55(92-58)33-53(75)27-23-43(3)73(83)93-71(42(2)26-30-60-36-62(86-14)32-46(6)90-60)52(12)70(82)49(9)65(79)39-63(77)47(7)67(87-15)37-57-21-17-20-56(91-57)34-54(76)28-24-44(4)74(84)94-72/h17-20,23-24,41-42,45-72,75-82H,21-22,25-40H2,1-16H3/b43-23+,44-24+/t41-,42-,45-,46-,47-,48-,49-,50-,51-,52+,53-,54-,55-,56-,57-,58-,59-,60-,61+,62+,63-,64-,65+,66+,67-,68-,69-,70-,71-,72-/m0/s1. The number of aliphatic hydroxyl groups is 8. The molecular formula is C74H128O20. The topological polar surface area (TPSA) is 288 Å². The number of fused-ring (bicyclic) bond motifs is 4. The molecule has 0 amide bonds. The highest BCUT2D eigenvalue weighted by molar-refractivity contribution is 5.88. The van der Waals surface area contributed by atoms with Gasteiger partial charge in [0.05, 0.1) is 122 Å². The first kappa shape index (κ1) is 81.9. The first-order chi connectivity index (χ1) is 44.5. The maximum absolute atomic E-state index is 14.2. The van der Waals surface area contributed by atoms with Crippen LogP contribution in [0.15, 0.2) is 47.6 Å². The Morgan fingerprint density at radius 1 is 0.479 bits per heavy atom. The number of carbonyl (C=O) groups is 2. The second-order valence-electron chi connectivity index (χ2n) is 29.5. The summed E-state index contributed by atoms with van der Waals surface area (Å²) in [5, 5.41) is 94.5. The van der Waals surface area contributed by atoms with E-state index in [1.807, 2.05) is 79.7 Å². The van der Waals surface area contributed by atoms with Crippen LogP contribution in [-0.2, 0) is 57.0 Å². The molecule has 0 saturated carbocycles. The Morgan fingerprint density at radius 2 is 0.894 bits per heavy atom. The minimum absolute atomic E-state index is 0.0216. The number of esters is 2. The Bertz CT molecular complexity index is 2320. The lowest BCUT2D eigenvalue weighted by molar-refractivity contribution is -0.159. The molecule has 5 aliphatic heterocycles. The van der Waals surface area contributed by atoms with Crippen LogP contribution in [0.1, 0.15) is 199 Å². The van der Waals surface area contributed by atoms with Crippen molar-refractivity contribution < 1.29 is 97.8 Å². The number of cyclic esters (lactones) is 2. The molecule has 0 aromatic rings. The monoisotopic (exact) mass is 1340 g/mol. The molecule has 94 heavy (non-hydrogen) atoms. The molecule has 20 heteroatoms.